The van der Waals surface area contributed by atoms with E-state index >= 15 is 0 Å². The van der Waals surface area contributed by atoms with Gasteiger partial charge in [0.25, 0.3) is 0 Å². The molecule has 2 aromatic carbocycles. The Hall–Kier alpha value is -3.06. The highest BCUT2D eigenvalue weighted by atomic mass is 32.1. The first-order valence-electron chi connectivity index (χ1n) is 7.80. The van der Waals surface area contributed by atoms with Gasteiger partial charge in [-0.3, -0.25) is 0 Å². The van der Waals surface area contributed by atoms with Crippen molar-refractivity contribution in [2.45, 2.75) is 13.5 Å². The van der Waals surface area contributed by atoms with Crippen molar-refractivity contribution in [2.75, 3.05) is 0 Å². The molecule has 0 fully saturated rings. The summed E-state index contributed by atoms with van der Waals surface area (Å²) in [6, 6.07) is 17.5. The van der Waals surface area contributed by atoms with Gasteiger partial charge in [0.15, 0.2) is 0 Å². The molecule has 25 heavy (non-hydrogen) atoms. The van der Waals surface area contributed by atoms with Crippen LogP contribution in [-0.4, -0.2) is 24.8 Å². The second-order valence-corrected chi connectivity index (χ2v) is 6.53. The molecule has 0 unspecified atom stereocenters. The smallest absolute Gasteiger partial charge is 0.244 e. The quantitative estimate of drug-likeness (QED) is 0.568. The highest BCUT2D eigenvalue weighted by Gasteiger charge is 2.11. The molecule has 0 aliphatic carbocycles. The highest BCUT2D eigenvalue weighted by Crippen LogP contribution is 2.24. The minimum absolute atomic E-state index is 0.281. The Bertz CT molecular complexity index is 1050. The first-order chi connectivity index (χ1) is 12.2. The van der Waals surface area contributed by atoms with Gasteiger partial charge < -0.3 is 0 Å². The van der Waals surface area contributed by atoms with Gasteiger partial charge in [0.1, 0.15) is 5.01 Å². The first kappa shape index (κ1) is 15.5. The summed E-state index contributed by atoms with van der Waals surface area (Å²) in [7, 11) is 0. The SMILES string of the molecule is Cc1ccc(-c2nc(Cn3nnn(-c4ccccc4)c3=O)cs2)cc1. The molecule has 0 aliphatic heterocycles. The molecule has 0 radical (unpaired) electrons. The van der Waals surface area contributed by atoms with Crippen molar-refractivity contribution in [1.29, 1.82) is 0 Å². The Balaban J connectivity index is 1.59. The maximum atomic E-state index is 12.5. The van der Waals surface area contributed by atoms with Crippen molar-refractivity contribution >= 4 is 11.3 Å². The van der Waals surface area contributed by atoms with Crippen LogP contribution in [0.25, 0.3) is 16.3 Å². The molecule has 0 atom stereocenters. The van der Waals surface area contributed by atoms with E-state index in [-0.39, 0.29) is 5.69 Å². The summed E-state index contributed by atoms with van der Waals surface area (Å²) in [6.07, 6.45) is 0. The van der Waals surface area contributed by atoms with Crippen LogP contribution < -0.4 is 5.69 Å². The van der Waals surface area contributed by atoms with Gasteiger partial charge in [-0.1, -0.05) is 48.0 Å². The van der Waals surface area contributed by atoms with Crippen LogP contribution >= 0.6 is 11.3 Å². The fraction of sp³-hybridized carbons (Fsp3) is 0.111. The van der Waals surface area contributed by atoms with Gasteiger partial charge in [-0.15, -0.1) is 11.3 Å². The molecular weight excluding hydrogens is 334 g/mol. The first-order valence-corrected chi connectivity index (χ1v) is 8.68. The largest absolute Gasteiger partial charge is 0.368 e. The number of aromatic nitrogens is 5. The number of nitrogens with zero attached hydrogens (tertiary/aromatic N) is 5. The predicted octanol–water partition coefficient (Wildman–Crippen LogP) is 2.91. The zero-order chi connectivity index (χ0) is 17.2. The predicted molar refractivity (Wildman–Crippen MR) is 97.0 cm³/mol. The summed E-state index contributed by atoms with van der Waals surface area (Å²) in [6.45, 7) is 2.35. The van der Waals surface area contributed by atoms with E-state index in [4.69, 9.17) is 0 Å². The van der Waals surface area contributed by atoms with Crippen LogP contribution in [0, 0.1) is 6.92 Å². The van der Waals surface area contributed by atoms with Crippen LogP contribution in [0.2, 0.25) is 0 Å². The van der Waals surface area contributed by atoms with E-state index < -0.39 is 0 Å². The Morgan fingerprint density at radius 1 is 1.00 bits per heavy atom. The number of aryl methyl sites for hydroxylation is 1. The number of benzene rings is 2. The summed E-state index contributed by atoms with van der Waals surface area (Å²) in [5.41, 5.74) is 3.49. The maximum Gasteiger partial charge on any atom is 0.368 e. The van der Waals surface area contributed by atoms with Crippen LogP contribution in [0.3, 0.4) is 0 Å². The van der Waals surface area contributed by atoms with Crippen molar-refractivity contribution in [1.82, 2.24) is 24.8 Å². The molecule has 124 valence electrons. The monoisotopic (exact) mass is 349 g/mol. The second-order valence-electron chi connectivity index (χ2n) is 5.68. The van der Waals surface area contributed by atoms with Crippen LogP contribution in [0.4, 0.5) is 0 Å². The lowest BCUT2D eigenvalue weighted by atomic mass is 10.2. The van der Waals surface area contributed by atoms with Crippen molar-refractivity contribution in [2.24, 2.45) is 0 Å². The van der Waals surface area contributed by atoms with Crippen molar-refractivity contribution < 1.29 is 0 Å². The van der Waals surface area contributed by atoms with E-state index in [0.717, 1.165) is 16.3 Å². The van der Waals surface area contributed by atoms with E-state index in [1.807, 2.05) is 35.7 Å². The number of para-hydroxylation sites is 1. The maximum absolute atomic E-state index is 12.5. The summed E-state index contributed by atoms with van der Waals surface area (Å²) in [5, 5.41) is 10.8. The summed E-state index contributed by atoms with van der Waals surface area (Å²) in [4.78, 5) is 17.1. The zero-order valence-corrected chi connectivity index (χ0v) is 14.3. The summed E-state index contributed by atoms with van der Waals surface area (Å²) >= 11 is 1.56. The third-order valence-corrected chi connectivity index (χ3v) is 4.74. The molecule has 4 aromatic rings. The van der Waals surface area contributed by atoms with E-state index in [2.05, 4.69) is 46.6 Å². The van der Waals surface area contributed by atoms with Crippen LogP contribution in [0.15, 0.2) is 64.8 Å². The molecule has 0 bridgehead atoms. The minimum Gasteiger partial charge on any atom is -0.244 e. The van der Waals surface area contributed by atoms with Gasteiger partial charge in [-0.25, -0.2) is 9.78 Å². The number of tetrazole rings is 1. The van der Waals surface area contributed by atoms with E-state index in [1.54, 1.807) is 11.3 Å². The van der Waals surface area contributed by atoms with Gasteiger partial charge >= 0.3 is 5.69 Å². The fourth-order valence-electron chi connectivity index (χ4n) is 2.47. The van der Waals surface area contributed by atoms with E-state index in [9.17, 15) is 4.79 Å². The number of rotatable bonds is 4. The Morgan fingerprint density at radius 2 is 1.76 bits per heavy atom. The molecular formula is C18H15N5OS. The standard InChI is InChI=1S/C18H15N5OS/c1-13-7-9-14(10-8-13)17-19-15(12-25-17)11-22-18(24)23(21-20-22)16-5-3-2-4-6-16/h2-10,12H,11H2,1H3. The number of thiazole rings is 1. The average molecular weight is 349 g/mol. The van der Waals surface area contributed by atoms with Crippen LogP contribution in [0.1, 0.15) is 11.3 Å². The van der Waals surface area contributed by atoms with Gasteiger partial charge in [-0.05, 0) is 29.5 Å². The van der Waals surface area contributed by atoms with Crippen molar-refractivity contribution in [3.8, 4) is 16.3 Å². The molecule has 6 nitrogen and oxygen atoms in total. The zero-order valence-electron chi connectivity index (χ0n) is 13.5. The van der Waals surface area contributed by atoms with E-state index in [1.165, 1.54) is 14.9 Å². The van der Waals surface area contributed by atoms with Gasteiger partial charge in [-0.2, -0.15) is 9.36 Å². The van der Waals surface area contributed by atoms with Crippen LogP contribution in [-0.2, 0) is 6.54 Å². The molecule has 2 heterocycles. The Labute approximate surface area is 148 Å². The van der Waals surface area contributed by atoms with Crippen molar-refractivity contribution in [3.05, 3.63) is 81.7 Å². The fourth-order valence-corrected chi connectivity index (χ4v) is 3.28. The molecule has 0 N–H and O–H groups in total. The van der Waals surface area contributed by atoms with Crippen molar-refractivity contribution in [3.63, 3.8) is 0 Å². The second kappa shape index (κ2) is 6.45. The molecule has 0 amide bonds. The average Bonchev–Trinajstić information content (AvgIpc) is 3.24. The molecule has 2 aromatic heterocycles. The number of hydrogen-bond acceptors (Lipinski definition) is 5. The molecule has 4 rings (SSSR count). The third-order valence-electron chi connectivity index (χ3n) is 3.80. The Morgan fingerprint density at radius 3 is 2.52 bits per heavy atom. The normalized spacial score (nSPS) is 10.9. The lowest BCUT2D eigenvalue weighted by molar-refractivity contribution is 0.624. The van der Waals surface area contributed by atoms with Gasteiger partial charge in [0.05, 0.1) is 17.9 Å². The van der Waals surface area contributed by atoms with Gasteiger partial charge in [0.2, 0.25) is 0 Å². The molecule has 0 spiro atoms. The highest BCUT2D eigenvalue weighted by molar-refractivity contribution is 7.13. The molecule has 0 saturated carbocycles. The van der Waals surface area contributed by atoms with Crippen LogP contribution in [0.5, 0.6) is 0 Å². The molecule has 0 saturated heterocycles. The summed E-state index contributed by atoms with van der Waals surface area (Å²) < 4.78 is 2.61. The molecule has 7 heteroatoms. The lowest BCUT2D eigenvalue weighted by Crippen LogP contribution is -2.24. The lowest BCUT2D eigenvalue weighted by Gasteiger charge is -1.98. The summed E-state index contributed by atoms with van der Waals surface area (Å²) in [5.74, 6) is 0. The number of hydrogen-bond donors (Lipinski definition) is 0. The molecule has 0 aliphatic rings. The van der Waals surface area contributed by atoms with Gasteiger partial charge in [0, 0.05) is 10.9 Å². The third kappa shape index (κ3) is 3.14. The Kier molecular flexibility index (Phi) is 3.99. The topological polar surface area (TPSA) is 65.6 Å². The van der Waals surface area contributed by atoms with E-state index in [0.29, 0.717) is 12.2 Å². The minimum atomic E-state index is -0.281.